The SMILES string of the molecule is NC(=O)COc1cccc(C(=O)NC/C=C/CNC(=O)c2ccc3cc[nH]c3c2)c1. The van der Waals surface area contributed by atoms with Crippen LogP contribution in [0.25, 0.3) is 10.9 Å². The summed E-state index contributed by atoms with van der Waals surface area (Å²) in [5, 5.41) is 6.59. The summed E-state index contributed by atoms with van der Waals surface area (Å²) in [7, 11) is 0. The number of carbonyl (C=O) groups is 3. The van der Waals surface area contributed by atoms with Crippen LogP contribution in [0.2, 0.25) is 0 Å². The Hall–Kier alpha value is -4.07. The van der Waals surface area contributed by atoms with Gasteiger partial charge in [0.25, 0.3) is 17.7 Å². The van der Waals surface area contributed by atoms with Gasteiger partial charge >= 0.3 is 0 Å². The first kappa shape index (κ1) is 20.7. The number of nitrogens with one attached hydrogen (secondary N) is 3. The second kappa shape index (κ2) is 9.92. The van der Waals surface area contributed by atoms with Crippen molar-refractivity contribution in [3.8, 4) is 5.75 Å². The van der Waals surface area contributed by atoms with Crippen molar-refractivity contribution < 1.29 is 19.1 Å². The molecule has 0 aliphatic carbocycles. The van der Waals surface area contributed by atoms with Gasteiger partial charge in [0.1, 0.15) is 5.75 Å². The van der Waals surface area contributed by atoms with Crippen LogP contribution in [0.15, 0.2) is 66.9 Å². The van der Waals surface area contributed by atoms with E-state index < -0.39 is 5.91 Å². The number of ether oxygens (including phenoxy) is 1. The number of benzene rings is 2. The Morgan fingerprint density at radius 3 is 2.33 bits per heavy atom. The van der Waals surface area contributed by atoms with E-state index in [4.69, 9.17) is 10.5 Å². The first-order valence-corrected chi connectivity index (χ1v) is 9.32. The number of H-pyrrole nitrogens is 1. The van der Waals surface area contributed by atoms with Gasteiger partial charge in [-0.1, -0.05) is 24.3 Å². The second-order valence-corrected chi connectivity index (χ2v) is 6.45. The summed E-state index contributed by atoms with van der Waals surface area (Å²) in [4.78, 5) is 38.2. The highest BCUT2D eigenvalue weighted by atomic mass is 16.5. The third-order valence-corrected chi connectivity index (χ3v) is 4.22. The Labute approximate surface area is 173 Å². The molecule has 0 saturated carbocycles. The molecule has 0 aliphatic heterocycles. The fourth-order valence-corrected chi connectivity index (χ4v) is 2.74. The molecule has 0 radical (unpaired) electrons. The number of nitrogens with two attached hydrogens (primary N) is 1. The predicted octanol–water partition coefficient (Wildman–Crippen LogP) is 1.75. The molecule has 0 aliphatic rings. The van der Waals surface area contributed by atoms with E-state index in [0.717, 1.165) is 10.9 Å². The lowest BCUT2D eigenvalue weighted by Crippen LogP contribution is -2.25. The zero-order valence-electron chi connectivity index (χ0n) is 16.2. The van der Waals surface area contributed by atoms with Crippen molar-refractivity contribution in [3.63, 3.8) is 0 Å². The molecule has 0 atom stereocenters. The maximum absolute atomic E-state index is 12.2. The van der Waals surface area contributed by atoms with E-state index in [1.54, 1.807) is 42.5 Å². The molecular formula is C22H22N4O4. The second-order valence-electron chi connectivity index (χ2n) is 6.45. The Kier molecular flexibility index (Phi) is 6.83. The number of rotatable bonds is 9. The first-order valence-electron chi connectivity index (χ1n) is 9.32. The minimum absolute atomic E-state index is 0.173. The molecule has 0 bridgehead atoms. The molecule has 1 heterocycles. The van der Waals surface area contributed by atoms with E-state index >= 15 is 0 Å². The van der Waals surface area contributed by atoms with Gasteiger partial charge in [-0.3, -0.25) is 14.4 Å². The minimum atomic E-state index is -0.591. The van der Waals surface area contributed by atoms with E-state index in [9.17, 15) is 14.4 Å². The van der Waals surface area contributed by atoms with E-state index in [-0.39, 0.29) is 18.4 Å². The maximum atomic E-state index is 12.2. The summed E-state index contributed by atoms with van der Waals surface area (Å²) >= 11 is 0. The highest BCUT2D eigenvalue weighted by Crippen LogP contribution is 2.14. The Balaban J connectivity index is 1.41. The Morgan fingerprint density at radius 2 is 1.63 bits per heavy atom. The van der Waals surface area contributed by atoms with Crippen LogP contribution in [0, 0.1) is 0 Å². The summed E-state index contributed by atoms with van der Waals surface area (Å²) in [5.41, 5.74) is 6.92. The van der Waals surface area contributed by atoms with Crippen molar-refractivity contribution >= 4 is 28.6 Å². The van der Waals surface area contributed by atoms with E-state index in [1.165, 1.54) is 6.07 Å². The molecule has 2 aromatic carbocycles. The highest BCUT2D eigenvalue weighted by molar-refractivity contribution is 5.98. The molecule has 5 N–H and O–H groups in total. The van der Waals surface area contributed by atoms with Gasteiger partial charge in [-0.05, 0) is 41.8 Å². The minimum Gasteiger partial charge on any atom is -0.484 e. The quantitative estimate of drug-likeness (QED) is 0.404. The fraction of sp³-hybridized carbons (Fsp3) is 0.136. The molecule has 0 spiro atoms. The molecule has 0 fully saturated rings. The van der Waals surface area contributed by atoms with Crippen molar-refractivity contribution in [2.45, 2.75) is 0 Å². The fourth-order valence-electron chi connectivity index (χ4n) is 2.74. The number of carbonyl (C=O) groups excluding carboxylic acids is 3. The lowest BCUT2D eigenvalue weighted by Gasteiger charge is -2.06. The normalized spacial score (nSPS) is 10.8. The topological polar surface area (TPSA) is 126 Å². The van der Waals surface area contributed by atoms with Crippen LogP contribution in [0.3, 0.4) is 0 Å². The van der Waals surface area contributed by atoms with Crippen molar-refractivity contribution in [1.82, 2.24) is 15.6 Å². The zero-order valence-corrected chi connectivity index (χ0v) is 16.2. The summed E-state index contributed by atoms with van der Waals surface area (Å²) in [6.45, 7) is 0.391. The van der Waals surface area contributed by atoms with E-state index in [0.29, 0.717) is 30.0 Å². The van der Waals surface area contributed by atoms with E-state index in [2.05, 4.69) is 15.6 Å². The number of hydrogen-bond acceptors (Lipinski definition) is 4. The molecule has 1 aromatic heterocycles. The van der Waals surface area contributed by atoms with Crippen molar-refractivity contribution in [3.05, 3.63) is 78.0 Å². The number of hydrogen-bond donors (Lipinski definition) is 4. The van der Waals surface area contributed by atoms with Crippen molar-refractivity contribution in [1.29, 1.82) is 0 Å². The average Bonchev–Trinajstić information content (AvgIpc) is 3.22. The van der Waals surface area contributed by atoms with Crippen LogP contribution >= 0.6 is 0 Å². The monoisotopic (exact) mass is 406 g/mol. The van der Waals surface area contributed by atoms with Crippen LogP contribution in [-0.4, -0.2) is 42.4 Å². The first-order chi connectivity index (χ1) is 14.5. The molecule has 0 unspecified atom stereocenters. The summed E-state index contributed by atoms with van der Waals surface area (Å²) in [6, 6.07) is 13.9. The Bertz CT molecular complexity index is 1090. The average molecular weight is 406 g/mol. The largest absolute Gasteiger partial charge is 0.484 e. The predicted molar refractivity (Wildman–Crippen MR) is 113 cm³/mol. The van der Waals surface area contributed by atoms with Gasteiger partial charge < -0.3 is 26.1 Å². The lowest BCUT2D eigenvalue weighted by molar-refractivity contribution is -0.119. The number of amides is 3. The van der Waals surface area contributed by atoms with Gasteiger partial charge in [0.15, 0.2) is 6.61 Å². The van der Waals surface area contributed by atoms with Gasteiger partial charge in [0, 0.05) is 35.9 Å². The molecule has 30 heavy (non-hydrogen) atoms. The molecule has 8 nitrogen and oxygen atoms in total. The van der Waals surface area contributed by atoms with Crippen molar-refractivity contribution in [2.75, 3.05) is 19.7 Å². The molecule has 8 heteroatoms. The van der Waals surface area contributed by atoms with Crippen LogP contribution in [0.4, 0.5) is 0 Å². The molecule has 3 rings (SSSR count). The number of fused-ring (bicyclic) bond motifs is 1. The molecular weight excluding hydrogens is 384 g/mol. The van der Waals surface area contributed by atoms with Crippen LogP contribution < -0.4 is 21.1 Å². The molecule has 154 valence electrons. The number of primary amides is 1. The molecule has 0 saturated heterocycles. The van der Waals surface area contributed by atoms with Crippen LogP contribution in [0.1, 0.15) is 20.7 Å². The van der Waals surface area contributed by atoms with Crippen LogP contribution in [-0.2, 0) is 4.79 Å². The van der Waals surface area contributed by atoms with Gasteiger partial charge in [-0.2, -0.15) is 0 Å². The van der Waals surface area contributed by atoms with Gasteiger partial charge in [0.2, 0.25) is 0 Å². The lowest BCUT2D eigenvalue weighted by atomic mass is 10.1. The highest BCUT2D eigenvalue weighted by Gasteiger charge is 2.07. The molecule has 3 aromatic rings. The van der Waals surface area contributed by atoms with Gasteiger partial charge in [-0.25, -0.2) is 0 Å². The summed E-state index contributed by atoms with van der Waals surface area (Å²) in [6.07, 6.45) is 5.34. The van der Waals surface area contributed by atoms with Crippen LogP contribution in [0.5, 0.6) is 5.75 Å². The van der Waals surface area contributed by atoms with E-state index in [1.807, 2.05) is 18.3 Å². The summed E-state index contributed by atoms with van der Waals surface area (Å²) in [5.74, 6) is -0.662. The van der Waals surface area contributed by atoms with Crippen molar-refractivity contribution in [2.24, 2.45) is 5.73 Å². The van der Waals surface area contributed by atoms with Gasteiger partial charge in [-0.15, -0.1) is 0 Å². The third-order valence-electron chi connectivity index (χ3n) is 4.22. The number of aromatic amines is 1. The molecule has 3 amide bonds. The standard InChI is InChI=1S/C22H22N4O4/c23-20(27)14-30-18-5-3-4-16(12-18)21(28)25-9-1-2-10-26-22(29)17-7-6-15-8-11-24-19(15)13-17/h1-8,11-13,24H,9-10,14H2,(H2,23,27)(H,25,28)(H,26,29)/b2-1+. The maximum Gasteiger partial charge on any atom is 0.255 e. The Morgan fingerprint density at radius 1 is 0.933 bits per heavy atom. The summed E-state index contributed by atoms with van der Waals surface area (Å²) < 4.78 is 5.18. The smallest absolute Gasteiger partial charge is 0.255 e. The number of aromatic nitrogens is 1. The van der Waals surface area contributed by atoms with Gasteiger partial charge in [0.05, 0.1) is 0 Å². The zero-order chi connectivity index (χ0) is 21.3. The third kappa shape index (κ3) is 5.71.